The van der Waals surface area contributed by atoms with E-state index in [2.05, 4.69) is 4.98 Å². The number of nitrogens with zero attached hydrogens (tertiary/aromatic N) is 1. The molecule has 1 N–H and O–H groups in total. The molecule has 0 radical (unpaired) electrons. The van der Waals surface area contributed by atoms with Gasteiger partial charge in [-0.25, -0.2) is 0 Å². The fourth-order valence-corrected chi connectivity index (χ4v) is 2.97. The molecule has 2 aromatic rings. The van der Waals surface area contributed by atoms with Gasteiger partial charge in [-0.1, -0.05) is 24.3 Å². The molecule has 0 amide bonds. The predicted octanol–water partition coefficient (Wildman–Crippen LogP) is 4.10. The third-order valence-corrected chi connectivity index (χ3v) is 4.19. The van der Waals surface area contributed by atoms with Crippen LogP contribution in [-0.2, 0) is 19.0 Å². The Morgan fingerprint density at radius 1 is 1.17 bits per heavy atom. The lowest BCUT2D eigenvalue weighted by molar-refractivity contribution is -0.481. The molecule has 0 bridgehead atoms. The molecule has 3 rings (SSSR count). The lowest BCUT2D eigenvalue weighted by Crippen LogP contribution is -2.15. The summed E-state index contributed by atoms with van der Waals surface area (Å²) in [5.74, 6) is -0.604. The van der Waals surface area contributed by atoms with Gasteiger partial charge in [-0.15, -0.1) is 0 Å². The standard InChI is InChI=1S/C17H15F3N2O2/c18-17(19,20)13-7-5-11(6-8-13)14(10-22(23)24)16-9-12-3-1-2-4-15(12)21-16/h1-2,5-9,14,21H,3-4,10H2. The minimum atomic E-state index is -4.42. The zero-order chi connectivity index (χ0) is 17.3. The molecule has 0 saturated heterocycles. The van der Waals surface area contributed by atoms with E-state index in [-0.39, 0.29) is 6.54 Å². The predicted molar refractivity (Wildman–Crippen MR) is 82.5 cm³/mol. The minimum absolute atomic E-state index is 0.377. The number of alkyl halides is 3. The lowest BCUT2D eigenvalue weighted by Gasteiger charge is -2.14. The normalized spacial score (nSPS) is 15.1. The van der Waals surface area contributed by atoms with Gasteiger partial charge < -0.3 is 4.98 Å². The van der Waals surface area contributed by atoms with Crippen LogP contribution < -0.4 is 0 Å². The Morgan fingerprint density at radius 3 is 2.42 bits per heavy atom. The van der Waals surface area contributed by atoms with Crippen LogP contribution in [-0.4, -0.2) is 16.5 Å². The van der Waals surface area contributed by atoms with Crippen molar-refractivity contribution in [3.8, 4) is 0 Å². The maximum absolute atomic E-state index is 12.7. The fourth-order valence-electron chi connectivity index (χ4n) is 2.97. The molecule has 0 fully saturated rings. The highest BCUT2D eigenvalue weighted by Crippen LogP contribution is 2.32. The number of H-pyrrole nitrogens is 1. The van der Waals surface area contributed by atoms with Crippen molar-refractivity contribution >= 4 is 0 Å². The first-order chi connectivity index (χ1) is 11.3. The van der Waals surface area contributed by atoms with E-state index in [0.717, 1.165) is 36.2 Å². The molecule has 0 spiro atoms. The Hall–Kier alpha value is -2.57. The molecule has 1 aromatic carbocycles. The van der Waals surface area contributed by atoms with E-state index in [0.29, 0.717) is 11.3 Å². The molecule has 1 unspecified atom stereocenters. The van der Waals surface area contributed by atoms with Crippen molar-refractivity contribution in [1.82, 2.24) is 4.98 Å². The third-order valence-electron chi connectivity index (χ3n) is 4.19. The van der Waals surface area contributed by atoms with Crippen LogP contribution in [0.1, 0.15) is 34.0 Å². The van der Waals surface area contributed by atoms with Crippen LogP contribution in [0.3, 0.4) is 0 Å². The topological polar surface area (TPSA) is 58.9 Å². The molecule has 1 aliphatic carbocycles. The molecule has 1 heterocycles. The van der Waals surface area contributed by atoms with Crippen molar-refractivity contribution in [2.45, 2.75) is 24.9 Å². The Morgan fingerprint density at radius 2 is 1.83 bits per heavy atom. The second-order valence-corrected chi connectivity index (χ2v) is 5.80. The average molecular weight is 336 g/mol. The van der Waals surface area contributed by atoms with E-state index in [1.54, 1.807) is 0 Å². The van der Waals surface area contributed by atoms with Crippen LogP contribution in [0, 0.1) is 10.1 Å². The number of hydrogen-bond donors (Lipinski definition) is 1. The summed E-state index contributed by atoms with van der Waals surface area (Å²) < 4.78 is 38.1. The largest absolute Gasteiger partial charge is 0.416 e. The lowest BCUT2D eigenvalue weighted by atomic mass is 9.94. The molecule has 126 valence electrons. The Bertz CT molecular complexity index is 751. The monoisotopic (exact) mass is 336 g/mol. The quantitative estimate of drug-likeness (QED) is 0.519. The number of allylic oxidation sites excluding steroid dienone is 2. The molecule has 1 aliphatic rings. The summed E-state index contributed by atoms with van der Waals surface area (Å²) in [6.45, 7) is -0.377. The second kappa shape index (κ2) is 6.14. The molecule has 0 saturated carbocycles. The van der Waals surface area contributed by atoms with Gasteiger partial charge in [0.05, 0.1) is 11.5 Å². The smallest absolute Gasteiger partial charge is 0.361 e. The molecule has 24 heavy (non-hydrogen) atoms. The zero-order valence-corrected chi connectivity index (χ0v) is 12.6. The summed E-state index contributed by atoms with van der Waals surface area (Å²) in [5.41, 5.74) is 2.48. The number of hydrogen-bond acceptors (Lipinski definition) is 2. The fraction of sp³-hybridized carbons (Fsp3) is 0.294. The number of rotatable bonds is 4. The molecular weight excluding hydrogens is 321 g/mol. The van der Waals surface area contributed by atoms with Crippen LogP contribution in [0.25, 0.3) is 0 Å². The van der Waals surface area contributed by atoms with Gasteiger partial charge in [-0.2, -0.15) is 13.2 Å². The highest BCUT2D eigenvalue weighted by molar-refractivity contribution is 5.38. The van der Waals surface area contributed by atoms with Gasteiger partial charge in [0.2, 0.25) is 6.54 Å². The van der Waals surface area contributed by atoms with Gasteiger partial charge in [0.15, 0.2) is 0 Å². The average Bonchev–Trinajstić information content (AvgIpc) is 2.95. The van der Waals surface area contributed by atoms with Crippen LogP contribution in [0.4, 0.5) is 13.2 Å². The molecular formula is C17H15F3N2O2. The maximum atomic E-state index is 12.7. The first-order valence-corrected chi connectivity index (χ1v) is 7.49. The number of aromatic amines is 1. The summed E-state index contributed by atoms with van der Waals surface area (Å²) in [7, 11) is 0. The summed E-state index contributed by atoms with van der Waals surface area (Å²) in [4.78, 5) is 13.8. The van der Waals surface area contributed by atoms with Crippen LogP contribution in [0.15, 0.2) is 42.5 Å². The Balaban J connectivity index is 1.94. The van der Waals surface area contributed by atoms with E-state index in [1.807, 2.05) is 18.2 Å². The van der Waals surface area contributed by atoms with E-state index < -0.39 is 22.6 Å². The minimum Gasteiger partial charge on any atom is -0.361 e. The van der Waals surface area contributed by atoms with Crippen LogP contribution >= 0.6 is 0 Å². The van der Waals surface area contributed by atoms with Crippen LogP contribution in [0.5, 0.6) is 0 Å². The molecule has 4 nitrogen and oxygen atoms in total. The molecule has 1 aromatic heterocycles. The highest BCUT2D eigenvalue weighted by atomic mass is 19.4. The van der Waals surface area contributed by atoms with Gasteiger partial charge in [-0.3, -0.25) is 10.1 Å². The van der Waals surface area contributed by atoms with E-state index in [9.17, 15) is 23.3 Å². The highest BCUT2D eigenvalue weighted by Gasteiger charge is 2.31. The van der Waals surface area contributed by atoms with Gasteiger partial charge >= 0.3 is 6.18 Å². The molecule has 1 atom stereocenters. The SMILES string of the molecule is O=[N+]([O-])CC(c1ccc(C(F)(F)F)cc1)c1cc2c([nH]1)CC=CC2. The Labute approximate surface area is 136 Å². The van der Waals surface area contributed by atoms with Gasteiger partial charge in [0.25, 0.3) is 0 Å². The third kappa shape index (κ3) is 3.34. The maximum Gasteiger partial charge on any atom is 0.416 e. The Kier molecular flexibility index (Phi) is 4.17. The van der Waals surface area contributed by atoms with Crippen LogP contribution in [0.2, 0.25) is 0 Å². The molecule has 0 aliphatic heterocycles. The zero-order valence-electron chi connectivity index (χ0n) is 12.6. The molecule has 7 heteroatoms. The van der Waals surface area contributed by atoms with Crippen molar-refractivity contribution in [2.24, 2.45) is 0 Å². The van der Waals surface area contributed by atoms with Crippen molar-refractivity contribution < 1.29 is 18.1 Å². The summed E-state index contributed by atoms with van der Waals surface area (Å²) >= 11 is 0. The van der Waals surface area contributed by atoms with Crippen molar-refractivity contribution in [3.63, 3.8) is 0 Å². The number of halogens is 3. The summed E-state index contributed by atoms with van der Waals surface area (Å²) in [6.07, 6.45) is 1.11. The van der Waals surface area contributed by atoms with E-state index >= 15 is 0 Å². The van der Waals surface area contributed by atoms with Gasteiger partial charge in [-0.05, 0) is 35.7 Å². The number of aromatic nitrogens is 1. The number of nitrogens with one attached hydrogen (secondary N) is 1. The van der Waals surface area contributed by atoms with E-state index in [4.69, 9.17) is 0 Å². The first kappa shape index (κ1) is 16.3. The van der Waals surface area contributed by atoms with Gasteiger partial charge in [0, 0.05) is 22.7 Å². The summed E-state index contributed by atoms with van der Waals surface area (Å²) in [5, 5.41) is 11.0. The number of fused-ring (bicyclic) bond motifs is 1. The van der Waals surface area contributed by atoms with Crippen molar-refractivity contribution in [3.05, 3.63) is 80.7 Å². The number of nitro groups is 1. The summed E-state index contributed by atoms with van der Waals surface area (Å²) in [6, 6.07) is 6.44. The number of benzene rings is 1. The second-order valence-electron chi connectivity index (χ2n) is 5.80. The van der Waals surface area contributed by atoms with E-state index in [1.165, 1.54) is 12.1 Å². The van der Waals surface area contributed by atoms with Crippen molar-refractivity contribution in [2.75, 3.05) is 6.54 Å². The first-order valence-electron chi connectivity index (χ1n) is 7.49. The van der Waals surface area contributed by atoms with Gasteiger partial charge in [0.1, 0.15) is 0 Å². The van der Waals surface area contributed by atoms with Crippen molar-refractivity contribution in [1.29, 1.82) is 0 Å².